The monoisotopic (exact) mass is 714 g/mol. The van der Waals surface area contributed by atoms with Crippen molar-refractivity contribution in [1.29, 1.82) is 0 Å². The second kappa shape index (κ2) is 14.4. The van der Waals surface area contributed by atoms with Crippen LogP contribution in [0.15, 0.2) is 231 Å². The fourth-order valence-corrected chi connectivity index (χ4v) is 8.23. The lowest BCUT2D eigenvalue weighted by Crippen LogP contribution is -2.11. The van der Waals surface area contributed by atoms with E-state index in [0.29, 0.717) is 0 Å². The molecule has 1 heterocycles. The third-order valence-corrected chi connectivity index (χ3v) is 10.8. The lowest BCUT2D eigenvalue weighted by Gasteiger charge is -2.29. The molecule has 0 atom stereocenters. The van der Waals surface area contributed by atoms with Crippen molar-refractivity contribution < 1.29 is 0 Å². The smallest absolute Gasteiger partial charge is 0.0562 e. The molecular formula is C54H38N2. The summed E-state index contributed by atoms with van der Waals surface area (Å²) in [5, 5.41) is 2.40. The number of hydrogen-bond acceptors (Lipinski definition) is 1. The Labute approximate surface area is 327 Å². The number of hydrogen-bond donors (Lipinski definition) is 0. The average Bonchev–Trinajstić information content (AvgIpc) is 3.63. The highest BCUT2D eigenvalue weighted by Crippen LogP contribution is 2.47. The van der Waals surface area contributed by atoms with E-state index in [1.54, 1.807) is 0 Å². The molecule has 0 N–H and O–H groups in total. The summed E-state index contributed by atoms with van der Waals surface area (Å²) < 4.78 is 2.46. The van der Waals surface area contributed by atoms with Crippen molar-refractivity contribution >= 4 is 38.9 Å². The van der Waals surface area contributed by atoms with Crippen molar-refractivity contribution in [2.24, 2.45) is 0 Å². The molecule has 0 aliphatic heterocycles. The Morgan fingerprint density at radius 2 is 0.821 bits per heavy atom. The van der Waals surface area contributed by atoms with E-state index >= 15 is 0 Å². The number of rotatable bonds is 8. The summed E-state index contributed by atoms with van der Waals surface area (Å²) in [6.07, 6.45) is 0. The van der Waals surface area contributed by atoms with Gasteiger partial charge in [0.1, 0.15) is 0 Å². The molecule has 2 nitrogen and oxygen atoms in total. The molecule has 0 saturated heterocycles. The summed E-state index contributed by atoms with van der Waals surface area (Å²) in [7, 11) is 0. The zero-order valence-corrected chi connectivity index (χ0v) is 30.8. The Hall–Kier alpha value is -7.42. The predicted octanol–water partition coefficient (Wildman–Crippen LogP) is 14.9. The molecular weight excluding hydrogens is 677 g/mol. The Bertz CT molecular complexity index is 2950. The van der Waals surface area contributed by atoms with Gasteiger partial charge < -0.3 is 9.47 Å². The minimum absolute atomic E-state index is 1.10. The number of anilines is 3. The van der Waals surface area contributed by atoms with E-state index in [-0.39, 0.29) is 0 Å². The van der Waals surface area contributed by atoms with E-state index in [1.165, 1.54) is 49.7 Å². The van der Waals surface area contributed by atoms with Gasteiger partial charge >= 0.3 is 0 Å². The van der Waals surface area contributed by atoms with Gasteiger partial charge in [0, 0.05) is 27.6 Å². The molecule has 0 fully saturated rings. The van der Waals surface area contributed by atoms with Gasteiger partial charge in [-0.2, -0.15) is 0 Å². The summed E-state index contributed by atoms with van der Waals surface area (Å²) in [4.78, 5) is 2.44. The van der Waals surface area contributed by atoms with Crippen molar-refractivity contribution in [2.45, 2.75) is 0 Å². The predicted molar refractivity (Wildman–Crippen MR) is 237 cm³/mol. The lowest BCUT2D eigenvalue weighted by molar-refractivity contribution is 1.18. The van der Waals surface area contributed by atoms with Crippen LogP contribution in [-0.4, -0.2) is 4.57 Å². The molecule has 264 valence electrons. The van der Waals surface area contributed by atoms with Crippen molar-refractivity contribution in [3.8, 4) is 50.2 Å². The molecule has 1 aromatic heterocycles. The van der Waals surface area contributed by atoms with Gasteiger partial charge in [-0.25, -0.2) is 0 Å². The quantitative estimate of drug-likeness (QED) is 0.152. The number of para-hydroxylation sites is 3. The largest absolute Gasteiger partial charge is 0.309 e. The third-order valence-electron chi connectivity index (χ3n) is 10.8. The highest BCUT2D eigenvalue weighted by Gasteiger charge is 2.24. The van der Waals surface area contributed by atoms with Gasteiger partial charge in [0.05, 0.1) is 28.1 Å². The Kier molecular flexibility index (Phi) is 8.55. The van der Waals surface area contributed by atoms with Gasteiger partial charge in [0.2, 0.25) is 0 Å². The van der Waals surface area contributed by atoms with Crippen molar-refractivity contribution in [1.82, 2.24) is 4.57 Å². The molecule has 56 heavy (non-hydrogen) atoms. The number of aromatic nitrogens is 1. The third kappa shape index (κ3) is 5.95. The lowest BCUT2D eigenvalue weighted by atomic mass is 9.97. The average molecular weight is 715 g/mol. The van der Waals surface area contributed by atoms with E-state index < -0.39 is 0 Å². The topological polar surface area (TPSA) is 8.17 Å². The van der Waals surface area contributed by atoms with Crippen LogP contribution in [0.5, 0.6) is 0 Å². The number of benzene rings is 9. The number of nitrogens with zero attached hydrogens (tertiary/aromatic N) is 2. The molecule has 0 bridgehead atoms. The Balaban J connectivity index is 1.22. The van der Waals surface area contributed by atoms with Crippen LogP contribution in [0.4, 0.5) is 17.1 Å². The van der Waals surface area contributed by atoms with Gasteiger partial charge in [0.25, 0.3) is 0 Å². The standard InChI is InChI=1S/C54H38N2/c1-5-19-39(20-6-1)42-25-17-26-44(37-42)46-29-13-15-31-49(46)55(45-27-11-4-12-28-45)52-33-18-34-53-54(52)47-30-14-16-32-50(47)56(53)51-36-35-43(40-21-7-2-8-22-40)38-48(51)41-23-9-3-10-24-41/h1-38H. The maximum absolute atomic E-state index is 2.46. The van der Waals surface area contributed by atoms with Gasteiger partial charge in [-0.15, -0.1) is 0 Å². The summed E-state index contributed by atoms with van der Waals surface area (Å²) in [5.41, 5.74) is 16.3. The SMILES string of the molecule is c1ccc(-c2cccc(-c3ccccc3N(c3ccccc3)c3cccc4c3c3ccccc3n4-c3ccc(-c4ccccc4)cc3-c3ccccc3)c2)cc1. The first-order valence-electron chi connectivity index (χ1n) is 19.2. The highest BCUT2D eigenvalue weighted by molar-refractivity contribution is 6.17. The molecule has 10 rings (SSSR count). The van der Waals surface area contributed by atoms with Crippen molar-refractivity contribution in [3.05, 3.63) is 231 Å². The highest BCUT2D eigenvalue weighted by atomic mass is 15.2. The van der Waals surface area contributed by atoms with Crippen LogP contribution in [0, 0.1) is 0 Å². The minimum atomic E-state index is 1.10. The van der Waals surface area contributed by atoms with E-state index in [4.69, 9.17) is 0 Å². The maximum Gasteiger partial charge on any atom is 0.0562 e. The molecule has 0 aliphatic rings. The van der Waals surface area contributed by atoms with Crippen LogP contribution in [-0.2, 0) is 0 Å². The second-order valence-electron chi connectivity index (χ2n) is 14.1. The van der Waals surface area contributed by atoms with Gasteiger partial charge in [-0.3, -0.25) is 0 Å². The van der Waals surface area contributed by atoms with Crippen molar-refractivity contribution in [2.75, 3.05) is 4.90 Å². The molecule has 9 aromatic carbocycles. The van der Waals surface area contributed by atoms with Crippen LogP contribution >= 0.6 is 0 Å². The van der Waals surface area contributed by atoms with Gasteiger partial charge in [-0.05, 0) is 88.0 Å². The summed E-state index contributed by atoms with van der Waals surface area (Å²) >= 11 is 0. The summed E-state index contributed by atoms with van der Waals surface area (Å²) in [6.45, 7) is 0. The zero-order chi connectivity index (χ0) is 37.3. The second-order valence-corrected chi connectivity index (χ2v) is 14.1. The molecule has 0 radical (unpaired) electrons. The van der Waals surface area contributed by atoms with Crippen LogP contribution in [0.2, 0.25) is 0 Å². The fourth-order valence-electron chi connectivity index (χ4n) is 8.23. The van der Waals surface area contributed by atoms with E-state index in [9.17, 15) is 0 Å². The molecule has 0 spiro atoms. The first kappa shape index (κ1) is 33.2. The number of fused-ring (bicyclic) bond motifs is 3. The molecule has 0 saturated carbocycles. The van der Waals surface area contributed by atoms with Gasteiger partial charge in [-0.1, -0.05) is 176 Å². The molecule has 0 unspecified atom stereocenters. The zero-order valence-electron chi connectivity index (χ0n) is 30.8. The van der Waals surface area contributed by atoms with Crippen LogP contribution < -0.4 is 4.90 Å². The first-order chi connectivity index (χ1) is 27.8. The van der Waals surface area contributed by atoms with Crippen LogP contribution in [0.3, 0.4) is 0 Å². The minimum Gasteiger partial charge on any atom is -0.309 e. The fraction of sp³-hybridized carbons (Fsp3) is 0. The Morgan fingerprint density at radius 3 is 1.55 bits per heavy atom. The molecule has 10 aromatic rings. The maximum atomic E-state index is 2.46. The summed E-state index contributed by atoms with van der Waals surface area (Å²) in [5.74, 6) is 0. The van der Waals surface area contributed by atoms with Crippen molar-refractivity contribution in [3.63, 3.8) is 0 Å². The molecule has 0 amide bonds. The molecule has 2 heteroatoms. The van der Waals surface area contributed by atoms with E-state index in [2.05, 4.69) is 240 Å². The molecule has 0 aliphatic carbocycles. The van der Waals surface area contributed by atoms with Crippen LogP contribution in [0.25, 0.3) is 72.0 Å². The Morgan fingerprint density at radius 1 is 0.304 bits per heavy atom. The van der Waals surface area contributed by atoms with Crippen LogP contribution in [0.1, 0.15) is 0 Å². The van der Waals surface area contributed by atoms with E-state index in [1.807, 2.05) is 0 Å². The van der Waals surface area contributed by atoms with Gasteiger partial charge in [0.15, 0.2) is 0 Å². The first-order valence-corrected chi connectivity index (χ1v) is 19.2. The summed E-state index contributed by atoms with van der Waals surface area (Å²) in [6, 6.07) is 83.1. The van der Waals surface area contributed by atoms with E-state index in [0.717, 1.165) is 39.3 Å². The normalized spacial score (nSPS) is 11.2.